The molecule has 0 saturated carbocycles. The third-order valence-corrected chi connectivity index (χ3v) is 5.05. The Morgan fingerprint density at radius 1 is 1.06 bits per heavy atom. The van der Waals surface area contributed by atoms with Crippen LogP contribution in [0.15, 0.2) is 72.8 Å². The Hall–Kier alpha value is -3.91. The van der Waals surface area contributed by atoms with Gasteiger partial charge in [-0.05, 0) is 48.9 Å². The van der Waals surface area contributed by atoms with Crippen LogP contribution in [-0.4, -0.2) is 34.7 Å². The van der Waals surface area contributed by atoms with Crippen LogP contribution >= 0.6 is 11.6 Å². The number of nitro groups is 1. The predicted molar refractivity (Wildman–Crippen MR) is 124 cm³/mol. The smallest absolute Gasteiger partial charge is 0.313 e. The number of carbonyl (C=O) groups excluding carboxylic acids is 2. The Bertz CT molecular complexity index is 1140. The summed E-state index contributed by atoms with van der Waals surface area (Å²) in [5, 5.41) is 14.0. The van der Waals surface area contributed by atoms with Crippen molar-refractivity contribution in [3.63, 3.8) is 0 Å². The maximum absolute atomic E-state index is 12.5. The molecule has 0 aliphatic carbocycles. The van der Waals surface area contributed by atoms with Crippen molar-refractivity contribution in [3.8, 4) is 11.5 Å². The molecule has 0 aliphatic rings. The van der Waals surface area contributed by atoms with E-state index >= 15 is 0 Å². The zero-order chi connectivity index (χ0) is 23.8. The summed E-state index contributed by atoms with van der Waals surface area (Å²) in [4.78, 5) is 37.2. The average Bonchev–Trinajstić information content (AvgIpc) is 2.83. The van der Waals surface area contributed by atoms with Crippen molar-refractivity contribution in [2.75, 3.05) is 13.1 Å². The minimum absolute atomic E-state index is 0.0327. The van der Waals surface area contributed by atoms with Gasteiger partial charge in [0.2, 0.25) is 11.7 Å². The fourth-order valence-electron chi connectivity index (χ4n) is 3.07. The van der Waals surface area contributed by atoms with Gasteiger partial charge < -0.3 is 15.0 Å². The van der Waals surface area contributed by atoms with Gasteiger partial charge in [-0.3, -0.25) is 19.7 Å². The second kappa shape index (κ2) is 11.1. The number of nitrogens with one attached hydrogen (secondary N) is 1. The first-order valence-electron chi connectivity index (χ1n) is 10.2. The number of amides is 2. The van der Waals surface area contributed by atoms with Gasteiger partial charge in [0.05, 0.1) is 11.5 Å². The molecule has 0 spiro atoms. The molecule has 0 aliphatic heterocycles. The minimum atomic E-state index is -0.586. The molecule has 2 amide bonds. The first-order valence-corrected chi connectivity index (χ1v) is 10.6. The quantitative estimate of drug-likeness (QED) is 0.359. The molecule has 0 fully saturated rings. The molecule has 3 rings (SSSR count). The second-order valence-corrected chi connectivity index (χ2v) is 7.51. The molecule has 0 radical (unpaired) electrons. The molecule has 0 bridgehead atoms. The molecule has 1 N–H and O–H groups in total. The van der Waals surface area contributed by atoms with Crippen molar-refractivity contribution in [3.05, 3.63) is 99.1 Å². The van der Waals surface area contributed by atoms with E-state index in [4.69, 9.17) is 16.3 Å². The summed E-state index contributed by atoms with van der Waals surface area (Å²) in [6, 6.07) is 19.8. The van der Waals surface area contributed by atoms with Crippen molar-refractivity contribution in [2.45, 2.75) is 13.5 Å². The van der Waals surface area contributed by atoms with Gasteiger partial charge in [-0.1, -0.05) is 41.9 Å². The number of nitrogens with zero attached hydrogens (tertiary/aromatic N) is 2. The second-order valence-electron chi connectivity index (χ2n) is 7.07. The fourth-order valence-corrected chi connectivity index (χ4v) is 3.24. The molecular formula is C24H22ClN3O5. The van der Waals surface area contributed by atoms with E-state index in [9.17, 15) is 19.7 Å². The number of halogens is 1. The predicted octanol–water partition coefficient (Wildman–Crippen LogP) is 4.82. The standard InChI is InChI=1S/C24H22ClN3O5/c1-2-27(16-17-6-4-3-5-7-17)23(29)15-26-24(30)18-8-11-20(12-9-18)33-22-13-10-19(25)14-21(22)28(31)32/h3-14H,2,15-16H2,1H3,(H,26,30). The van der Waals surface area contributed by atoms with Crippen LogP contribution in [0.2, 0.25) is 5.02 Å². The van der Waals surface area contributed by atoms with Crippen LogP contribution in [0.1, 0.15) is 22.8 Å². The number of rotatable bonds is 9. The van der Waals surface area contributed by atoms with E-state index in [0.29, 0.717) is 24.4 Å². The molecule has 170 valence electrons. The fraction of sp³-hybridized carbons (Fsp3) is 0.167. The molecular weight excluding hydrogens is 446 g/mol. The van der Waals surface area contributed by atoms with Crippen molar-refractivity contribution in [1.29, 1.82) is 0 Å². The normalized spacial score (nSPS) is 10.4. The molecule has 0 atom stereocenters. The Morgan fingerprint density at radius 2 is 1.76 bits per heavy atom. The Balaban J connectivity index is 1.58. The molecule has 0 heterocycles. The first-order chi connectivity index (χ1) is 15.9. The van der Waals surface area contributed by atoms with Gasteiger partial charge in [0.15, 0.2) is 0 Å². The maximum Gasteiger partial charge on any atom is 0.313 e. The van der Waals surface area contributed by atoms with E-state index in [0.717, 1.165) is 5.56 Å². The molecule has 3 aromatic carbocycles. The van der Waals surface area contributed by atoms with E-state index in [1.807, 2.05) is 37.3 Å². The van der Waals surface area contributed by atoms with E-state index in [1.165, 1.54) is 42.5 Å². The molecule has 3 aromatic rings. The summed E-state index contributed by atoms with van der Waals surface area (Å²) >= 11 is 5.81. The zero-order valence-electron chi connectivity index (χ0n) is 17.9. The minimum Gasteiger partial charge on any atom is -0.450 e. The Kier molecular flexibility index (Phi) is 7.99. The van der Waals surface area contributed by atoms with Gasteiger partial charge in [-0.25, -0.2) is 0 Å². The number of benzene rings is 3. The summed E-state index contributed by atoms with van der Waals surface area (Å²) in [5.74, 6) is -0.258. The third-order valence-electron chi connectivity index (χ3n) is 4.81. The van der Waals surface area contributed by atoms with Gasteiger partial charge >= 0.3 is 5.69 Å². The highest BCUT2D eigenvalue weighted by molar-refractivity contribution is 6.30. The number of hydrogen-bond acceptors (Lipinski definition) is 5. The van der Waals surface area contributed by atoms with Crippen LogP contribution in [0.5, 0.6) is 11.5 Å². The van der Waals surface area contributed by atoms with Crippen molar-refractivity contribution >= 4 is 29.1 Å². The van der Waals surface area contributed by atoms with Gasteiger partial charge in [0.25, 0.3) is 5.91 Å². The van der Waals surface area contributed by atoms with Crippen LogP contribution < -0.4 is 10.1 Å². The molecule has 0 saturated heterocycles. The average molecular weight is 468 g/mol. The molecule has 0 aromatic heterocycles. The van der Waals surface area contributed by atoms with Gasteiger partial charge in [0.1, 0.15) is 5.75 Å². The summed E-state index contributed by atoms with van der Waals surface area (Å²) in [7, 11) is 0. The summed E-state index contributed by atoms with van der Waals surface area (Å²) in [6.07, 6.45) is 0. The Labute approximate surface area is 195 Å². The van der Waals surface area contributed by atoms with E-state index in [1.54, 1.807) is 4.90 Å². The lowest BCUT2D eigenvalue weighted by atomic mass is 10.2. The van der Waals surface area contributed by atoms with Crippen LogP contribution in [0, 0.1) is 10.1 Å². The molecule has 33 heavy (non-hydrogen) atoms. The Morgan fingerprint density at radius 3 is 2.39 bits per heavy atom. The maximum atomic E-state index is 12.5. The largest absolute Gasteiger partial charge is 0.450 e. The SMILES string of the molecule is CCN(Cc1ccccc1)C(=O)CNC(=O)c1ccc(Oc2ccc(Cl)cc2[N+](=O)[O-])cc1. The highest BCUT2D eigenvalue weighted by atomic mass is 35.5. The number of nitro benzene ring substituents is 1. The zero-order valence-corrected chi connectivity index (χ0v) is 18.6. The van der Waals surface area contributed by atoms with E-state index in [2.05, 4.69) is 5.32 Å². The van der Waals surface area contributed by atoms with Crippen molar-refractivity contribution in [2.24, 2.45) is 0 Å². The van der Waals surface area contributed by atoms with Crippen LogP contribution in [0.25, 0.3) is 0 Å². The van der Waals surface area contributed by atoms with Gasteiger partial charge in [0, 0.05) is 29.7 Å². The van der Waals surface area contributed by atoms with Crippen molar-refractivity contribution in [1.82, 2.24) is 10.2 Å². The van der Waals surface area contributed by atoms with Gasteiger partial charge in [-0.15, -0.1) is 0 Å². The van der Waals surface area contributed by atoms with E-state index in [-0.39, 0.29) is 28.9 Å². The lowest BCUT2D eigenvalue weighted by Crippen LogP contribution is -2.39. The number of hydrogen-bond donors (Lipinski definition) is 1. The van der Waals surface area contributed by atoms with Crippen LogP contribution in [0.3, 0.4) is 0 Å². The monoisotopic (exact) mass is 467 g/mol. The highest BCUT2D eigenvalue weighted by Gasteiger charge is 2.17. The van der Waals surface area contributed by atoms with Crippen LogP contribution in [-0.2, 0) is 11.3 Å². The van der Waals surface area contributed by atoms with Crippen molar-refractivity contribution < 1.29 is 19.2 Å². The van der Waals surface area contributed by atoms with E-state index < -0.39 is 10.8 Å². The highest BCUT2D eigenvalue weighted by Crippen LogP contribution is 2.33. The number of carbonyl (C=O) groups is 2. The first kappa shape index (κ1) is 23.7. The van der Waals surface area contributed by atoms with Gasteiger partial charge in [-0.2, -0.15) is 0 Å². The molecule has 9 heteroatoms. The lowest BCUT2D eigenvalue weighted by molar-refractivity contribution is -0.385. The summed E-state index contributed by atoms with van der Waals surface area (Å²) in [5.41, 5.74) is 1.07. The topological polar surface area (TPSA) is 102 Å². The molecule has 8 nitrogen and oxygen atoms in total. The third kappa shape index (κ3) is 6.54. The number of likely N-dealkylation sites (N-methyl/N-ethyl adjacent to an activating group) is 1. The summed E-state index contributed by atoms with van der Waals surface area (Å²) in [6.45, 7) is 2.74. The molecule has 0 unspecified atom stereocenters. The summed E-state index contributed by atoms with van der Waals surface area (Å²) < 4.78 is 5.57. The number of ether oxygens (including phenoxy) is 1. The van der Waals surface area contributed by atoms with Crippen LogP contribution in [0.4, 0.5) is 5.69 Å². The lowest BCUT2D eigenvalue weighted by Gasteiger charge is -2.21.